The fraction of sp³-hybridized carbons (Fsp3) is 0.176. The van der Waals surface area contributed by atoms with Crippen LogP contribution in [-0.4, -0.2) is 26.4 Å². The van der Waals surface area contributed by atoms with E-state index in [-0.39, 0.29) is 0 Å². The first kappa shape index (κ1) is 16.2. The number of carbonyl (C=O) groups excluding carboxylic acids is 2. The molecule has 0 heterocycles. The standard InChI is InChI=1S/C17H14N2O4/c1-22-15-10-6-9-14(16(15)23-2)17(18-11-20,19-12-21)13-7-4-3-5-8-13/h3-10H,1-2H3. The molecule has 0 amide bonds. The van der Waals surface area contributed by atoms with Gasteiger partial charge in [-0.15, -0.1) is 0 Å². The lowest BCUT2D eigenvalue weighted by Gasteiger charge is -2.25. The molecule has 0 bridgehead atoms. The Bertz CT molecular complexity index is 758. The van der Waals surface area contributed by atoms with E-state index in [1.54, 1.807) is 48.5 Å². The highest BCUT2D eigenvalue weighted by Crippen LogP contribution is 2.43. The maximum Gasteiger partial charge on any atom is 0.238 e. The van der Waals surface area contributed by atoms with Gasteiger partial charge in [0.25, 0.3) is 0 Å². The summed E-state index contributed by atoms with van der Waals surface area (Å²) in [6.45, 7) is 0. The normalized spacial score (nSPS) is 12.3. The van der Waals surface area contributed by atoms with Crippen LogP contribution in [0.15, 0.2) is 58.5 Å². The Hall–Kier alpha value is -3.20. The van der Waals surface area contributed by atoms with E-state index >= 15 is 0 Å². The molecule has 0 unspecified atom stereocenters. The Morgan fingerprint density at radius 3 is 2.04 bits per heavy atom. The van der Waals surface area contributed by atoms with Crippen LogP contribution in [0.5, 0.6) is 11.5 Å². The molecule has 23 heavy (non-hydrogen) atoms. The number of ether oxygens (including phenoxy) is 2. The van der Waals surface area contributed by atoms with Gasteiger partial charge in [-0.1, -0.05) is 42.5 Å². The average Bonchev–Trinajstić information content (AvgIpc) is 2.61. The van der Waals surface area contributed by atoms with Crippen LogP contribution in [-0.2, 0) is 15.3 Å². The summed E-state index contributed by atoms with van der Waals surface area (Å²) >= 11 is 0. The number of hydrogen-bond donors (Lipinski definition) is 0. The fourth-order valence-electron chi connectivity index (χ4n) is 2.39. The number of benzene rings is 2. The molecule has 116 valence electrons. The molecule has 0 aliphatic carbocycles. The zero-order chi connectivity index (χ0) is 16.7. The van der Waals surface area contributed by atoms with Gasteiger partial charge in [-0.3, -0.25) is 0 Å². The molecular formula is C17H14N2O4. The summed E-state index contributed by atoms with van der Waals surface area (Å²) in [6.07, 6.45) is 2.97. The second-order valence-corrected chi connectivity index (χ2v) is 4.49. The highest BCUT2D eigenvalue weighted by Gasteiger charge is 2.38. The van der Waals surface area contributed by atoms with Crippen molar-refractivity contribution in [2.24, 2.45) is 9.98 Å². The third-order valence-electron chi connectivity index (χ3n) is 3.37. The van der Waals surface area contributed by atoms with E-state index in [4.69, 9.17) is 9.47 Å². The summed E-state index contributed by atoms with van der Waals surface area (Å²) < 4.78 is 10.6. The largest absolute Gasteiger partial charge is 0.493 e. The molecule has 0 aliphatic rings. The van der Waals surface area contributed by atoms with Gasteiger partial charge < -0.3 is 9.47 Å². The lowest BCUT2D eigenvalue weighted by Crippen LogP contribution is -2.23. The number of methoxy groups -OCH3 is 2. The third kappa shape index (κ3) is 2.90. The van der Waals surface area contributed by atoms with E-state index in [1.807, 2.05) is 0 Å². The van der Waals surface area contributed by atoms with Crippen LogP contribution < -0.4 is 9.47 Å². The van der Waals surface area contributed by atoms with Crippen molar-refractivity contribution < 1.29 is 19.1 Å². The zero-order valence-corrected chi connectivity index (χ0v) is 12.6. The van der Waals surface area contributed by atoms with Gasteiger partial charge in [-0.2, -0.15) is 9.98 Å². The van der Waals surface area contributed by atoms with Crippen molar-refractivity contribution in [1.82, 2.24) is 0 Å². The smallest absolute Gasteiger partial charge is 0.238 e. The summed E-state index contributed by atoms with van der Waals surface area (Å²) in [5.41, 5.74) is -0.763. The van der Waals surface area contributed by atoms with Crippen molar-refractivity contribution in [3.8, 4) is 11.5 Å². The van der Waals surface area contributed by atoms with Gasteiger partial charge >= 0.3 is 0 Å². The summed E-state index contributed by atoms with van der Waals surface area (Å²) in [4.78, 5) is 29.7. The van der Waals surface area contributed by atoms with Crippen LogP contribution in [0.2, 0.25) is 0 Å². The minimum atomic E-state index is -1.63. The second-order valence-electron chi connectivity index (χ2n) is 4.49. The van der Waals surface area contributed by atoms with Crippen molar-refractivity contribution in [3.63, 3.8) is 0 Å². The molecule has 2 rings (SSSR count). The molecular weight excluding hydrogens is 296 g/mol. The van der Waals surface area contributed by atoms with E-state index in [1.165, 1.54) is 26.4 Å². The molecule has 0 saturated heterocycles. The van der Waals surface area contributed by atoms with Gasteiger partial charge in [0.1, 0.15) is 0 Å². The topological polar surface area (TPSA) is 77.3 Å². The first-order valence-corrected chi connectivity index (χ1v) is 6.68. The average molecular weight is 310 g/mol. The minimum Gasteiger partial charge on any atom is -0.493 e. The van der Waals surface area contributed by atoms with Crippen LogP contribution >= 0.6 is 0 Å². The molecule has 0 fully saturated rings. The van der Waals surface area contributed by atoms with E-state index in [0.717, 1.165) is 0 Å². The van der Waals surface area contributed by atoms with Crippen LogP contribution in [0.1, 0.15) is 11.1 Å². The summed E-state index contributed by atoms with van der Waals surface area (Å²) in [5, 5.41) is 0. The molecule has 2 aromatic carbocycles. The van der Waals surface area contributed by atoms with Crippen molar-refractivity contribution >= 4 is 12.2 Å². The van der Waals surface area contributed by atoms with Gasteiger partial charge in [0.05, 0.1) is 19.8 Å². The van der Waals surface area contributed by atoms with E-state index in [0.29, 0.717) is 22.6 Å². The maximum absolute atomic E-state index is 11.0. The lowest BCUT2D eigenvalue weighted by atomic mass is 9.91. The van der Waals surface area contributed by atoms with Crippen molar-refractivity contribution in [1.29, 1.82) is 0 Å². The number of hydrogen-bond acceptors (Lipinski definition) is 6. The highest BCUT2D eigenvalue weighted by molar-refractivity contribution is 5.57. The van der Waals surface area contributed by atoms with Gasteiger partial charge in [-0.05, 0) is 6.07 Å². The van der Waals surface area contributed by atoms with Crippen molar-refractivity contribution in [3.05, 3.63) is 59.7 Å². The summed E-state index contributed by atoms with van der Waals surface area (Å²) in [5.74, 6) is 0.740. The third-order valence-corrected chi connectivity index (χ3v) is 3.37. The predicted octanol–water partition coefficient (Wildman–Crippen LogP) is 2.58. The zero-order valence-electron chi connectivity index (χ0n) is 12.6. The Morgan fingerprint density at radius 1 is 0.870 bits per heavy atom. The quantitative estimate of drug-likeness (QED) is 0.607. The number of aliphatic imine (C=N–C) groups is 2. The Labute approximate surface area is 133 Å². The second kappa shape index (κ2) is 7.18. The van der Waals surface area contributed by atoms with E-state index < -0.39 is 5.66 Å². The Kier molecular flexibility index (Phi) is 5.05. The minimum absolute atomic E-state index is 0.317. The van der Waals surface area contributed by atoms with Crippen LogP contribution in [0.3, 0.4) is 0 Å². The lowest BCUT2D eigenvalue weighted by molar-refractivity contribution is 0.344. The highest BCUT2D eigenvalue weighted by atomic mass is 16.5. The van der Waals surface area contributed by atoms with Crippen molar-refractivity contribution in [2.45, 2.75) is 5.66 Å². The molecule has 0 spiro atoms. The molecule has 0 atom stereocenters. The summed E-state index contributed by atoms with van der Waals surface area (Å²) in [6, 6.07) is 13.7. The molecule has 0 radical (unpaired) electrons. The maximum atomic E-state index is 11.0. The SMILES string of the molecule is COc1cccc(C(N=C=O)(N=C=O)c2ccccc2)c1OC. The first-order chi connectivity index (χ1) is 11.2. The van der Waals surface area contributed by atoms with Gasteiger partial charge in [0, 0.05) is 5.56 Å². The monoisotopic (exact) mass is 310 g/mol. The van der Waals surface area contributed by atoms with Crippen LogP contribution in [0.4, 0.5) is 0 Å². The van der Waals surface area contributed by atoms with Gasteiger partial charge in [-0.25, -0.2) is 9.59 Å². The van der Waals surface area contributed by atoms with Crippen molar-refractivity contribution in [2.75, 3.05) is 14.2 Å². The number of para-hydroxylation sites is 1. The predicted molar refractivity (Wildman–Crippen MR) is 83.0 cm³/mol. The number of nitrogens with zero attached hydrogens (tertiary/aromatic N) is 2. The van der Waals surface area contributed by atoms with Gasteiger partial charge in [0.2, 0.25) is 17.8 Å². The molecule has 0 aliphatic heterocycles. The van der Waals surface area contributed by atoms with Gasteiger partial charge in [0.15, 0.2) is 11.5 Å². The van der Waals surface area contributed by atoms with E-state index in [9.17, 15) is 9.59 Å². The van der Waals surface area contributed by atoms with Crippen LogP contribution in [0.25, 0.3) is 0 Å². The Morgan fingerprint density at radius 2 is 1.52 bits per heavy atom. The molecule has 6 heteroatoms. The van der Waals surface area contributed by atoms with E-state index in [2.05, 4.69) is 9.98 Å². The molecule has 0 saturated carbocycles. The first-order valence-electron chi connectivity index (χ1n) is 6.68. The molecule has 6 nitrogen and oxygen atoms in total. The number of isocyanates is 2. The molecule has 0 N–H and O–H groups in total. The number of rotatable bonds is 6. The van der Waals surface area contributed by atoms with Crippen LogP contribution in [0, 0.1) is 0 Å². The Balaban J connectivity index is 2.89. The summed E-state index contributed by atoms with van der Waals surface area (Å²) in [7, 11) is 2.93. The fourth-order valence-corrected chi connectivity index (χ4v) is 2.39. The molecule has 2 aromatic rings. The molecule has 0 aromatic heterocycles.